The minimum absolute atomic E-state index is 0.128. The van der Waals surface area contributed by atoms with Crippen LogP contribution >= 0.6 is 0 Å². The molecule has 2 aliphatic heterocycles. The average Bonchev–Trinajstić information content (AvgIpc) is 2.62. The summed E-state index contributed by atoms with van der Waals surface area (Å²) in [5.74, 6) is 2.03. The molecule has 6 nitrogen and oxygen atoms in total. The molecule has 3 heterocycles. The molecule has 0 spiro atoms. The van der Waals surface area contributed by atoms with Gasteiger partial charge in [-0.15, -0.1) is 0 Å². The van der Waals surface area contributed by atoms with Crippen LogP contribution in [0.1, 0.15) is 56.5 Å². The molecule has 0 radical (unpaired) electrons. The van der Waals surface area contributed by atoms with Crippen molar-refractivity contribution in [3.05, 3.63) is 17.6 Å². The molecule has 0 aliphatic carbocycles. The van der Waals surface area contributed by atoms with Crippen LogP contribution in [0.4, 0.5) is 5.82 Å². The Morgan fingerprint density at radius 2 is 2.08 bits per heavy atom. The molecule has 24 heavy (non-hydrogen) atoms. The lowest BCUT2D eigenvalue weighted by Gasteiger charge is -2.35. The number of hydrogen-bond acceptors (Lipinski definition) is 6. The second-order valence-corrected chi connectivity index (χ2v) is 6.68. The zero-order chi connectivity index (χ0) is 16.9. The monoisotopic (exact) mass is 332 g/mol. The summed E-state index contributed by atoms with van der Waals surface area (Å²) in [6.45, 7) is 7.15. The van der Waals surface area contributed by atoms with E-state index in [9.17, 15) is 4.79 Å². The fourth-order valence-corrected chi connectivity index (χ4v) is 3.74. The van der Waals surface area contributed by atoms with Crippen LogP contribution in [-0.4, -0.2) is 48.2 Å². The second-order valence-electron chi connectivity index (χ2n) is 6.68. The standard InChI is InChI=1S/C18H28N4O2/c1-3-24-18(23)16-6-4-5-11-22(16)17-12-15(20-13(2)21-17)14-7-9-19-10-8-14/h12,14,16,19H,3-11H2,1-2H3. The molecule has 3 rings (SSSR count). The van der Waals surface area contributed by atoms with E-state index >= 15 is 0 Å². The number of aromatic nitrogens is 2. The van der Waals surface area contributed by atoms with Crippen LogP contribution in [0.5, 0.6) is 0 Å². The molecule has 2 saturated heterocycles. The van der Waals surface area contributed by atoms with Crippen LogP contribution in [0.15, 0.2) is 6.07 Å². The summed E-state index contributed by atoms with van der Waals surface area (Å²) < 4.78 is 5.28. The van der Waals surface area contributed by atoms with Crippen molar-refractivity contribution in [1.82, 2.24) is 15.3 Å². The number of nitrogens with one attached hydrogen (secondary N) is 1. The summed E-state index contributed by atoms with van der Waals surface area (Å²) in [6, 6.07) is 1.88. The maximum Gasteiger partial charge on any atom is 0.328 e. The molecule has 0 bridgehead atoms. The quantitative estimate of drug-likeness (QED) is 0.853. The third-order valence-corrected chi connectivity index (χ3v) is 4.96. The highest BCUT2D eigenvalue weighted by molar-refractivity contribution is 5.80. The van der Waals surface area contributed by atoms with E-state index in [1.54, 1.807) is 0 Å². The number of aryl methyl sites for hydroxylation is 1. The number of rotatable bonds is 4. The molecular formula is C18H28N4O2. The van der Waals surface area contributed by atoms with E-state index in [0.717, 1.165) is 69.1 Å². The third-order valence-electron chi connectivity index (χ3n) is 4.96. The molecule has 1 atom stereocenters. The fourth-order valence-electron chi connectivity index (χ4n) is 3.74. The molecule has 0 aromatic carbocycles. The fraction of sp³-hybridized carbons (Fsp3) is 0.722. The molecule has 1 N–H and O–H groups in total. The minimum Gasteiger partial charge on any atom is -0.464 e. The van der Waals surface area contributed by atoms with Crippen molar-refractivity contribution in [2.75, 3.05) is 31.1 Å². The van der Waals surface area contributed by atoms with Crippen LogP contribution in [0, 0.1) is 6.92 Å². The van der Waals surface area contributed by atoms with Crippen molar-refractivity contribution in [2.45, 2.75) is 57.9 Å². The van der Waals surface area contributed by atoms with E-state index in [0.29, 0.717) is 12.5 Å². The predicted molar refractivity (Wildman–Crippen MR) is 93.2 cm³/mol. The normalized spacial score (nSPS) is 22.4. The van der Waals surface area contributed by atoms with Gasteiger partial charge in [-0.1, -0.05) is 0 Å². The van der Waals surface area contributed by atoms with Gasteiger partial charge >= 0.3 is 5.97 Å². The summed E-state index contributed by atoms with van der Waals surface area (Å²) in [5.41, 5.74) is 1.12. The van der Waals surface area contributed by atoms with Crippen molar-refractivity contribution in [3.8, 4) is 0 Å². The maximum absolute atomic E-state index is 12.3. The predicted octanol–water partition coefficient (Wildman–Crippen LogP) is 2.17. The molecule has 1 unspecified atom stereocenters. The molecule has 1 aromatic heterocycles. The molecule has 1 aromatic rings. The zero-order valence-electron chi connectivity index (χ0n) is 14.8. The SMILES string of the molecule is CCOC(=O)C1CCCCN1c1cc(C2CCNCC2)nc(C)n1. The number of ether oxygens (including phenoxy) is 1. The number of nitrogens with zero attached hydrogens (tertiary/aromatic N) is 3. The van der Waals surface area contributed by atoms with Crippen molar-refractivity contribution in [3.63, 3.8) is 0 Å². The van der Waals surface area contributed by atoms with Gasteiger partial charge in [-0.2, -0.15) is 0 Å². The largest absolute Gasteiger partial charge is 0.464 e. The summed E-state index contributed by atoms with van der Waals surface area (Å²) >= 11 is 0. The van der Waals surface area contributed by atoms with Gasteiger partial charge in [-0.3, -0.25) is 0 Å². The Labute approximate surface area is 144 Å². The first-order chi connectivity index (χ1) is 11.7. The zero-order valence-corrected chi connectivity index (χ0v) is 14.8. The molecular weight excluding hydrogens is 304 g/mol. The lowest BCUT2D eigenvalue weighted by molar-refractivity contribution is -0.145. The first-order valence-electron chi connectivity index (χ1n) is 9.18. The van der Waals surface area contributed by atoms with Gasteiger partial charge in [0.1, 0.15) is 17.7 Å². The van der Waals surface area contributed by atoms with E-state index in [1.807, 2.05) is 13.8 Å². The lowest BCUT2D eigenvalue weighted by Crippen LogP contribution is -2.46. The van der Waals surface area contributed by atoms with Gasteiger partial charge in [0.15, 0.2) is 0 Å². The van der Waals surface area contributed by atoms with Gasteiger partial charge in [0.05, 0.1) is 6.61 Å². The van der Waals surface area contributed by atoms with Crippen LogP contribution in [0.25, 0.3) is 0 Å². The number of esters is 1. The smallest absolute Gasteiger partial charge is 0.328 e. The number of carbonyl (C=O) groups excluding carboxylic acids is 1. The van der Waals surface area contributed by atoms with Gasteiger partial charge in [0, 0.05) is 24.2 Å². The summed E-state index contributed by atoms with van der Waals surface area (Å²) in [6.07, 6.45) is 5.20. The molecule has 0 amide bonds. The molecule has 2 fully saturated rings. The molecule has 0 saturated carbocycles. The Bertz CT molecular complexity index is 572. The third kappa shape index (κ3) is 3.86. The van der Waals surface area contributed by atoms with Gasteiger partial charge < -0.3 is 15.0 Å². The first kappa shape index (κ1) is 17.1. The van der Waals surface area contributed by atoms with E-state index in [2.05, 4.69) is 26.3 Å². The Hall–Kier alpha value is -1.69. The van der Waals surface area contributed by atoms with Crippen molar-refractivity contribution < 1.29 is 9.53 Å². The van der Waals surface area contributed by atoms with Crippen LogP contribution in [0.3, 0.4) is 0 Å². The van der Waals surface area contributed by atoms with E-state index in [-0.39, 0.29) is 12.0 Å². The van der Waals surface area contributed by atoms with Crippen molar-refractivity contribution >= 4 is 11.8 Å². The second kappa shape index (κ2) is 7.92. The highest BCUT2D eigenvalue weighted by Crippen LogP contribution is 2.29. The summed E-state index contributed by atoms with van der Waals surface area (Å²) in [5, 5.41) is 3.40. The highest BCUT2D eigenvalue weighted by atomic mass is 16.5. The van der Waals surface area contributed by atoms with Crippen molar-refractivity contribution in [2.24, 2.45) is 0 Å². The molecule has 2 aliphatic rings. The maximum atomic E-state index is 12.3. The van der Waals surface area contributed by atoms with Gasteiger partial charge in [-0.05, 0) is 59.0 Å². The van der Waals surface area contributed by atoms with Crippen molar-refractivity contribution in [1.29, 1.82) is 0 Å². The minimum atomic E-state index is -0.214. The van der Waals surface area contributed by atoms with Gasteiger partial charge in [0.2, 0.25) is 0 Å². The number of anilines is 1. The summed E-state index contributed by atoms with van der Waals surface area (Å²) in [7, 11) is 0. The summed E-state index contributed by atoms with van der Waals surface area (Å²) in [4.78, 5) is 23.8. The highest BCUT2D eigenvalue weighted by Gasteiger charge is 2.31. The van der Waals surface area contributed by atoms with E-state index in [4.69, 9.17) is 4.74 Å². The number of piperidine rings is 2. The average molecular weight is 332 g/mol. The van der Waals surface area contributed by atoms with Gasteiger partial charge in [0.25, 0.3) is 0 Å². The van der Waals surface area contributed by atoms with E-state index in [1.165, 1.54) is 0 Å². The Balaban J connectivity index is 1.85. The Morgan fingerprint density at radius 3 is 2.83 bits per heavy atom. The van der Waals surface area contributed by atoms with E-state index < -0.39 is 0 Å². The Morgan fingerprint density at radius 1 is 1.29 bits per heavy atom. The number of hydrogen-bond donors (Lipinski definition) is 1. The van der Waals surface area contributed by atoms with Crippen LogP contribution in [0.2, 0.25) is 0 Å². The molecule has 6 heteroatoms. The Kier molecular flexibility index (Phi) is 5.66. The first-order valence-corrected chi connectivity index (χ1v) is 9.18. The van der Waals surface area contributed by atoms with Crippen LogP contribution < -0.4 is 10.2 Å². The van der Waals surface area contributed by atoms with Gasteiger partial charge in [-0.25, -0.2) is 14.8 Å². The number of carbonyl (C=O) groups is 1. The topological polar surface area (TPSA) is 67.3 Å². The lowest BCUT2D eigenvalue weighted by atomic mass is 9.94. The van der Waals surface area contributed by atoms with Crippen LogP contribution in [-0.2, 0) is 9.53 Å². The molecule has 132 valence electrons.